The van der Waals surface area contributed by atoms with Gasteiger partial charge in [-0.25, -0.2) is 0 Å². The molecule has 0 aliphatic heterocycles. The molecule has 1 saturated carbocycles. The van der Waals surface area contributed by atoms with Crippen molar-refractivity contribution < 1.29 is 9.59 Å². The highest BCUT2D eigenvalue weighted by molar-refractivity contribution is 6.47. The highest BCUT2D eigenvalue weighted by Crippen LogP contribution is 2.60. The summed E-state index contributed by atoms with van der Waals surface area (Å²) in [5, 5.41) is 4.96. The molecule has 10 nitrogen and oxygen atoms in total. The summed E-state index contributed by atoms with van der Waals surface area (Å²) in [4.78, 5) is 29.7. The van der Waals surface area contributed by atoms with Gasteiger partial charge in [0.1, 0.15) is 0 Å². The zero-order chi connectivity index (χ0) is 37.7. The fourth-order valence-electron chi connectivity index (χ4n) is 11.3. The molecule has 4 aliphatic rings. The molecule has 10 heteroatoms. The summed E-state index contributed by atoms with van der Waals surface area (Å²) < 4.78 is 0. The Kier molecular flexibility index (Phi) is 8.17. The fraction of sp³-hybridized carbons (Fsp3) is 0.455. The van der Waals surface area contributed by atoms with E-state index in [0.29, 0.717) is 96.2 Å². The number of carbonyl (C=O) groups excluding carboxylic acids is 2. The Morgan fingerprint density at radius 3 is 1.26 bits per heavy atom. The number of Topliss-reactive ketones (excluding diaryl/α,β-unsaturated/α-hetero) is 2. The third kappa shape index (κ3) is 4.70. The van der Waals surface area contributed by atoms with E-state index < -0.39 is 0 Å². The van der Waals surface area contributed by atoms with E-state index in [9.17, 15) is 9.59 Å². The number of fused-ring (bicyclic) bond motifs is 8. The Labute approximate surface area is 315 Å². The number of nitrogens with two attached hydrogens (primary N) is 8. The maximum absolute atomic E-state index is 14.9. The number of ketones is 2. The van der Waals surface area contributed by atoms with E-state index in [4.69, 9.17) is 45.9 Å². The van der Waals surface area contributed by atoms with Crippen molar-refractivity contribution in [2.45, 2.75) is 115 Å². The Morgan fingerprint density at radius 2 is 0.759 bits per heavy atom. The number of benzene rings is 5. The number of hydrogen-bond donors (Lipinski definition) is 8. The molecule has 0 spiro atoms. The van der Waals surface area contributed by atoms with Crippen LogP contribution in [0.3, 0.4) is 0 Å². The van der Waals surface area contributed by atoms with Gasteiger partial charge in [0, 0.05) is 54.9 Å². The van der Waals surface area contributed by atoms with Gasteiger partial charge in [-0.05, 0) is 74.3 Å². The Hall–Kier alpha value is -5.12. The molecule has 0 amide bonds. The topological polar surface area (TPSA) is 242 Å². The molecule has 0 aromatic heterocycles. The molecule has 5 aromatic carbocycles. The van der Waals surface area contributed by atoms with Crippen LogP contribution in [0.1, 0.15) is 146 Å². The van der Waals surface area contributed by atoms with Crippen molar-refractivity contribution in [3.8, 4) is 0 Å². The van der Waals surface area contributed by atoms with Gasteiger partial charge in [0.2, 0.25) is 0 Å². The molecule has 4 unspecified atom stereocenters. The first-order chi connectivity index (χ1) is 26.0. The summed E-state index contributed by atoms with van der Waals surface area (Å²) in [5.74, 6) is -0.621. The molecule has 54 heavy (non-hydrogen) atoms. The summed E-state index contributed by atoms with van der Waals surface area (Å²) >= 11 is 0. The van der Waals surface area contributed by atoms with E-state index in [-0.39, 0.29) is 58.0 Å². The zero-order valence-corrected chi connectivity index (χ0v) is 31.2. The third-order valence-electron chi connectivity index (χ3n) is 14.0. The first kappa shape index (κ1) is 34.6. The molecule has 4 atom stereocenters. The molecule has 1 fully saturated rings. The van der Waals surface area contributed by atoms with Crippen LogP contribution in [0.5, 0.6) is 0 Å². The van der Waals surface area contributed by atoms with Crippen LogP contribution in [0.4, 0.5) is 45.5 Å². The smallest absolute Gasteiger partial charge is 0.169 e. The average molecular weight is 727 g/mol. The number of carbonyl (C=O) groups is 2. The van der Waals surface area contributed by atoms with Gasteiger partial charge < -0.3 is 45.9 Å². The van der Waals surface area contributed by atoms with Gasteiger partial charge in [0.15, 0.2) is 11.6 Å². The van der Waals surface area contributed by atoms with Crippen molar-refractivity contribution in [1.82, 2.24) is 0 Å². The highest BCUT2D eigenvalue weighted by Gasteiger charge is 2.41. The lowest BCUT2D eigenvalue weighted by molar-refractivity contribution is 0.0898. The zero-order valence-electron chi connectivity index (χ0n) is 31.2. The molecule has 0 saturated heterocycles. The Morgan fingerprint density at radius 1 is 0.370 bits per heavy atom. The predicted molar refractivity (Wildman–Crippen MR) is 227 cm³/mol. The summed E-state index contributed by atoms with van der Waals surface area (Å²) in [5.41, 5.74) is 62.5. The summed E-state index contributed by atoms with van der Waals surface area (Å²) in [6, 6.07) is 0. The second-order valence-electron chi connectivity index (χ2n) is 16.9. The van der Waals surface area contributed by atoms with Crippen LogP contribution in [0, 0.1) is 11.8 Å². The van der Waals surface area contributed by atoms with Crippen molar-refractivity contribution >= 4 is 100 Å². The number of rotatable bonds is 0. The van der Waals surface area contributed by atoms with Crippen LogP contribution in [-0.2, 0) is 0 Å². The summed E-state index contributed by atoms with van der Waals surface area (Å²) in [6.07, 6.45) is 19.5. The second-order valence-corrected chi connectivity index (χ2v) is 16.9. The van der Waals surface area contributed by atoms with Crippen molar-refractivity contribution in [3.63, 3.8) is 0 Å². The molecule has 5 aromatic rings. The van der Waals surface area contributed by atoms with Gasteiger partial charge >= 0.3 is 0 Å². The molecule has 4 aliphatic carbocycles. The van der Waals surface area contributed by atoms with Gasteiger partial charge in [-0.1, -0.05) is 63.5 Å². The van der Waals surface area contributed by atoms with E-state index in [1.54, 1.807) is 0 Å². The molecular formula is C44H54N8O2. The van der Waals surface area contributed by atoms with Crippen molar-refractivity contribution in [1.29, 1.82) is 0 Å². The molecule has 9 rings (SSSR count). The molecular weight excluding hydrogens is 673 g/mol. The van der Waals surface area contributed by atoms with Crippen LogP contribution in [0.25, 0.3) is 43.1 Å². The van der Waals surface area contributed by atoms with Crippen LogP contribution >= 0.6 is 0 Å². The predicted octanol–water partition coefficient (Wildman–Crippen LogP) is 9.01. The largest absolute Gasteiger partial charge is 0.397 e. The van der Waals surface area contributed by atoms with Gasteiger partial charge in [0.25, 0.3) is 0 Å². The first-order valence-electron chi connectivity index (χ1n) is 20.3. The normalized spacial score (nSPS) is 24.7. The fourth-order valence-corrected chi connectivity index (χ4v) is 11.3. The summed E-state index contributed by atoms with van der Waals surface area (Å²) in [7, 11) is 0. The number of anilines is 8. The molecule has 16 N–H and O–H groups in total. The van der Waals surface area contributed by atoms with E-state index >= 15 is 0 Å². The SMILES string of the molecule is Nc1c2c3c(c(N)c(N)c4c5c(N)c(N)c6c7c(c(N)c(N)c(c(c1N)c34)c75)C(=O)C1CCCCCCCC6C1)C1CCCCCC/C=C\CC(C1)C2=O. The van der Waals surface area contributed by atoms with Crippen LogP contribution in [0.2, 0.25) is 0 Å². The van der Waals surface area contributed by atoms with Gasteiger partial charge in [-0.2, -0.15) is 0 Å². The summed E-state index contributed by atoms with van der Waals surface area (Å²) in [6.45, 7) is 0. The van der Waals surface area contributed by atoms with Crippen LogP contribution in [-0.4, -0.2) is 11.6 Å². The van der Waals surface area contributed by atoms with Gasteiger partial charge in [0.05, 0.1) is 56.6 Å². The average Bonchev–Trinajstić information content (AvgIpc) is 3.35. The second kappa shape index (κ2) is 12.7. The highest BCUT2D eigenvalue weighted by atomic mass is 16.1. The van der Waals surface area contributed by atoms with E-state index in [1.165, 1.54) is 0 Å². The maximum Gasteiger partial charge on any atom is 0.169 e. The Bertz CT molecular complexity index is 2450. The lowest BCUT2D eigenvalue weighted by atomic mass is 9.77. The Balaban J connectivity index is 1.50. The number of nitrogen functional groups attached to an aromatic ring is 8. The minimum Gasteiger partial charge on any atom is -0.397 e. The lowest BCUT2D eigenvalue weighted by Gasteiger charge is -2.29. The quantitative estimate of drug-likeness (QED) is 0.0326. The van der Waals surface area contributed by atoms with Gasteiger partial charge in [-0.15, -0.1) is 0 Å². The third-order valence-corrected chi connectivity index (χ3v) is 14.0. The lowest BCUT2D eigenvalue weighted by Crippen LogP contribution is -2.18. The number of hydrogen-bond acceptors (Lipinski definition) is 10. The molecule has 4 bridgehead atoms. The van der Waals surface area contributed by atoms with Crippen molar-refractivity contribution in [2.75, 3.05) is 45.9 Å². The first-order valence-corrected chi connectivity index (χ1v) is 20.3. The van der Waals surface area contributed by atoms with Gasteiger partial charge in [-0.3, -0.25) is 9.59 Å². The molecule has 0 heterocycles. The minimum absolute atomic E-state index is 0.00367. The maximum atomic E-state index is 14.9. The van der Waals surface area contributed by atoms with Crippen molar-refractivity contribution in [2.24, 2.45) is 11.8 Å². The van der Waals surface area contributed by atoms with E-state index in [1.807, 2.05) is 0 Å². The molecule has 282 valence electrons. The molecule has 0 radical (unpaired) electrons. The van der Waals surface area contributed by atoms with E-state index in [0.717, 1.165) is 94.6 Å². The van der Waals surface area contributed by atoms with E-state index in [2.05, 4.69) is 12.2 Å². The number of allylic oxidation sites excluding steroid dienone is 2. The monoisotopic (exact) mass is 726 g/mol. The minimum atomic E-state index is -0.309. The van der Waals surface area contributed by atoms with Crippen molar-refractivity contribution in [3.05, 3.63) is 34.4 Å². The van der Waals surface area contributed by atoms with Crippen LogP contribution < -0.4 is 45.9 Å². The van der Waals surface area contributed by atoms with Crippen LogP contribution in [0.15, 0.2) is 12.2 Å². The standard InChI is InChI=1S/C44H54N8O2/c45-35-23-19-13-9-5-2-1-3-6-11-15-21(17-19)43(53)33-25(23)27-29(37(35)47)30-28-26-24(36(46)38(30)48)20-14-10-7-4-8-12-16-22(18-20)44(54)34(26)42(52)40(50)32(28)31(27)39(49)41(33)51/h6,11,19-22H,1-5,7-10,12-18,45-52H2/b11-6-.